The zero-order valence-electron chi connectivity index (χ0n) is 11.9. The molecule has 0 saturated carbocycles. The summed E-state index contributed by atoms with van der Waals surface area (Å²) in [7, 11) is 3.27. The maximum absolute atomic E-state index is 11.8. The van der Waals surface area contributed by atoms with Crippen LogP contribution in [0.25, 0.3) is 0 Å². The Bertz CT molecular complexity index is 456. The number of likely N-dealkylation sites (tertiary alicyclic amines) is 1. The molecule has 1 aliphatic heterocycles. The number of benzene rings is 1. The number of hydrogen-bond acceptors (Lipinski definition) is 3. The number of hydrogen-bond donors (Lipinski definition) is 0. The van der Waals surface area contributed by atoms with Crippen molar-refractivity contribution in [3.8, 4) is 11.5 Å². The number of amides is 1. The van der Waals surface area contributed by atoms with E-state index in [0.29, 0.717) is 24.8 Å². The van der Waals surface area contributed by atoms with Gasteiger partial charge in [0.15, 0.2) is 0 Å². The van der Waals surface area contributed by atoms with Crippen LogP contribution in [0.15, 0.2) is 18.2 Å². The normalized spacial score (nSPS) is 18.4. The summed E-state index contributed by atoms with van der Waals surface area (Å²) in [4.78, 5) is 13.7. The zero-order valence-corrected chi connectivity index (χ0v) is 12.7. The van der Waals surface area contributed by atoms with Gasteiger partial charge in [-0.05, 0) is 30.0 Å². The molecule has 1 saturated heterocycles. The summed E-state index contributed by atoms with van der Waals surface area (Å²) in [6, 6.07) is 5.79. The Morgan fingerprint density at radius 1 is 1.25 bits per heavy atom. The third kappa shape index (κ3) is 3.57. The smallest absolute Gasteiger partial charge is 0.222 e. The molecule has 2 rings (SSSR count). The second kappa shape index (κ2) is 6.84. The Balaban J connectivity index is 1.98. The minimum atomic E-state index is 0.200. The average Bonchev–Trinajstić information content (AvgIpc) is 2.85. The van der Waals surface area contributed by atoms with E-state index in [1.807, 2.05) is 23.1 Å². The van der Waals surface area contributed by atoms with E-state index >= 15 is 0 Å². The number of nitrogens with zero attached hydrogens (tertiary/aromatic N) is 1. The van der Waals surface area contributed by atoms with Gasteiger partial charge < -0.3 is 14.4 Å². The Morgan fingerprint density at radius 2 is 1.90 bits per heavy atom. The monoisotopic (exact) mass is 297 g/mol. The molecule has 1 unspecified atom stereocenters. The number of methoxy groups -OCH3 is 2. The molecule has 0 radical (unpaired) electrons. The van der Waals surface area contributed by atoms with Gasteiger partial charge in [-0.1, -0.05) is 0 Å². The van der Waals surface area contributed by atoms with Crippen molar-refractivity contribution < 1.29 is 14.3 Å². The van der Waals surface area contributed by atoms with Crippen LogP contribution in [0.2, 0.25) is 0 Å². The lowest BCUT2D eigenvalue weighted by molar-refractivity contribution is -0.127. The lowest BCUT2D eigenvalue weighted by Gasteiger charge is -2.16. The Hall–Kier alpha value is -1.42. The largest absolute Gasteiger partial charge is 0.497 e. The van der Waals surface area contributed by atoms with Crippen LogP contribution in [0.5, 0.6) is 11.5 Å². The Labute approximate surface area is 124 Å². The number of carbonyl (C=O) groups excluding carboxylic acids is 1. The van der Waals surface area contributed by atoms with Crippen molar-refractivity contribution in [3.63, 3.8) is 0 Å². The molecule has 0 aliphatic carbocycles. The maximum atomic E-state index is 11.8. The standard InChI is InChI=1S/C15H20ClNO3/c1-19-13-5-11(6-14(8-13)20-2)3-4-17-10-12(9-16)7-15(17)18/h5-6,8,12H,3-4,7,9-10H2,1-2H3. The van der Waals surface area contributed by atoms with E-state index in [2.05, 4.69) is 0 Å². The Kier molecular flexibility index (Phi) is 5.12. The summed E-state index contributed by atoms with van der Waals surface area (Å²) in [5, 5.41) is 0. The summed E-state index contributed by atoms with van der Waals surface area (Å²) < 4.78 is 10.5. The molecule has 1 aliphatic rings. The van der Waals surface area contributed by atoms with Gasteiger partial charge in [0.2, 0.25) is 5.91 Å². The van der Waals surface area contributed by atoms with Gasteiger partial charge in [-0.2, -0.15) is 0 Å². The molecule has 1 atom stereocenters. The highest BCUT2D eigenvalue weighted by Gasteiger charge is 2.28. The first-order valence-corrected chi connectivity index (χ1v) is 7.25. The van der Waals surface area contributed by atoms with Crippen LogP contribution in [-0.2, 0) is 11.2 Å². The maximum Gasteiger partial charge on any atom is 0.222 e. The number of ether oxygens (including phenoxy) is 2. The van der Waals surface area contributed by atoms with Crippen molar-refractivity contribution in [3.05, 3.63) is 23.8 Å². The summed E-state index contributed by atoms with van der Waals surface area (Å²) >= 11 is 5.82. The summed E-state index contributed by atoms with van der Waals surface area (Å²) in [6.45, 7) is 1.48. The quantitative estimate of drug-likeness (QED) is 0.757. The van der Waals surface area contributed by atoms with Crippen molar-refractivity contribution >= 4 is 17.5 Å². The topological polar surface area (TPSA) is 38.8 Å². The van der Waals surface area contributed by atoms with Crippen molar-refractivity contribution in [2.24, 2.45) is 5.92 Å². The molecule has 110 valence electrons. The molecular weight excluding hydrogens is 278 g/mol. The van der Waals surface area contributed by atoms with Crippen molar-refractivity contribution in [1.82, 2.24) is 4.90 Å². The molecule has 4 nitrogen and oxygen atoms in total. The molecule has 0 aromatic heterocycles. The van der Waals surface area contributed by atoms with E-state index in [0.717, 1.165) is 30.0 Å². The molecule has 0 N–H and O–H groups in total. The molecular formula is C15H20ClNO3. The lowest BCUT2D eigenvalue weighted by atomic mass is 10.1. The van der Waals surface area contributed by atoms with Crippen molar-refractivity contribution in [2.45, 2.75) is 12.8 Å². The highest BCUT2D eigenvalue weighted by molar-refractivity contribution is 6.18. The Morgan fingerprint density at radius 3 is 2.40 bits per heavy atom. The lowest BCUT2D eigenvalue weighted by Crippen LogP contribution is -2.27. The fraction of sp³-hybridized carbons (Fsp3) is 0.533. The first-order valence-electron chi connectivity index (χ1n) is 6.72. The van der Waals surface area contributed by atoms with E-state index in [1.165, 1.54) is 0 Å². The van der Waals surface area contributed by atoms with Gasteiger partial charge in [0, 0.05) is 31.5 Å². The van der Waals surface area contributed by atoms with Gasteiger partial charge in [-0.25, -0.2) is 0 Å². The van der Waals surface area contributed by atoms with Crippen LogP contribution >= 0.6 is 11.6 Å². The van der Waals surface area contributed by atoms with Crippen molar-refractivity contribution in [2.75, 3.05) is 33.2 Å². The highest BCUT2D eigenvalue weighted by Crippen LogP contribution is 2.24. The number of rotatable bonds is 6. The van der Waals surface area contributed by atoms with Gasteiger partial charge in [0.05, 0.1) is 14.2 Å². The minimum absolute atomic E-state index is 0.200. The van der Waals surface area contributed by atoms with Crippen LogP contribution in [0.4, 0.5) is 0 Å². The molecule has 20 heavy (non-hydrogen) atoms. The summed E-state index contributed by atoms with van der Waals surface area (Å²) in [6.07, 6.45) is 1.36. The first-order chi connectivity index (χ1) is 9.66. The molecule has 1 aromatic rings. The van der Waals surface area contributed by atoms with Crippen LogP contribution in [0, 0.1) is 5.92 Å². The van der Waals surface area contributed by atoms with Crippen LogP contribution < -0.4 is 9.47 Å². The van der Waals surface area contributed by atoms with Crippen LogP contribution in [-0.4, -0.2) is 44.0 Å². The fourth-order valence-electron chi connectivity index (χ4n) is 2.45. The minimum Gasteiger partial charge on any atom is -0.497 e. The zero-order chi connectivity index (χ0) is 14.5. The van der Waals surface area contributed by atoms with E-state index in [-0.39, 0.29) is 5.91 Å². The average molecular weight is 298 g/mol. The third-order valence-corrected chi connectivity index (χ3v) is 4.03. The van der Waals surface area contributed by atoms with E-state index in [4.69, 9.17) is 21.1 Å². The van der Waals surface area contributed by atoms with Crippen LogP contribution in [0.3, 0.4) is 0 Å². The number of halogens is 1. The number of alkyl halides is 1. The van der Waals surface area contributed by atoms with E-state index in [9.17, 15) is 4.79 Å². The molecule has 5 heteroatoms. The van der Waals surface area contributed by atoms with Crippen LogP contribution in [0.1, 0.15) is 12.0 Å². The predicted octanol–water partition coefficient (Wildman–Crippen LogP) is 2.33. The van der Waals surface area contributed by atoms with E-state index in [1.54, 1.807) is 14.2 Å². The second-order valence-corrected chi connectivity index (χ2v) is 5.34. The highest BCUT2D eigenvalue weighted by atomic mass is 35.5. The third-order valence-electron chi connectivity index (χ3n) is 3.59. The molecule has 0 spiro atoms. The number of carbonyl (C=O) groups is 1. The molecule has 0 bridgehead atoms. The van der Waals surface area contributed by atoms with Gasteiger partial charge in [0.25, 0.3) is 0 Å². The van der Waals surface area contributed by atoms with E-state index < -0.39 is 0 Å². The van der Waals surface area contributed by atoms with Crippen molar-refractivity contribution in [1.29, 1.82) is 0 Å². The summed E-state index contributed by atoms with van der Waals surface area (Å²) in [5.41, 5.74) is 1.10. The SMILES string of the molecule is COc1cc(CCN2CC(CCl)CC2=O)cc(OC)c1. The van der Waals surface area contributed by atoms with Gasteiger partial charge >= 0.3 is 0 Å². The summed E-state index contributed by atoms with van der Waals surface area (Å²) in [5.74, 6) is 2.58. The molecule has 1 amide bonds. The predicted molar refractivity (Wildman–Crippen MR) is 78.7 cm³/mol. The van der Waals surface area contributed by atoms with Gasteiger partial charge in [0.1, 0.15) is 11.5 Å². The molecule has 1 fully saturated rings. The second-order valence-electron chi connectivity index (χ2n) is 5.04. The molecule has 1 aromatic carbocycles. The fourth-order valence-corrected chi connectivity index (χ4v) is 2.65. The first kappa shape index (κ1) is 15.0. The molecule has 1 heterocycles. The van der Waals surface area contributed by atoms with Gasteiger partial charge in [-0.15, -0.1) is 11.6 Å². The van der Waals surface area contributed by atoms with Gasteiger partial charge in [-0.3, -0.25) is 4.79 Å².